The van der Waals surface area contributed by atoms with Crippen LogP contribution >= 0.6 is 34.7 Å². The highest BCUT2D eigenvalue weighted by atomic mass is 35.5. The van der Waals surface area contributed by atoms with E-state index in [4.69, 9.17) is 33.3 Å². The fourth-order valence-corrected chi connectivity index (χ4v) is 3.45. The summed E-state index contributed by atoms with van der Waals surface area (Å²) < 4.78 is 7.07. The summed E-state index contributed by atoms with van der Waals surface area (Å²) in [6.07, 6.45) is 0. The first-order chi connectivity index (χ1) is 12.5. The van der Waals surface area contributed by atoms with Gasteiger partial charge in [0.2, 0.25) is 5.96 Å². The quantitative estimate of drug-likeness (QED) is 0.457. The molecule has 0 saturated carbocycles. The smallest absolute Gasteiger partial charge is 0.223 e. The van der Waals surface area contributed by atoms with Crippen LogP contribution in [0.15, 0.2) is 53.5 Å². The molecule has 5 nitrogen and oxygen atoms in total. The van der Waals surface area contributed by atoms with Gasteiger partial charge in [0.05, 0.1) is 7.11 Å². The molecule has 3 rings (SSSR count). The van der Waals surface area contributed by atoms with Crippen molar-refractivity contribution in [2.24, 2.45) is 4.99 Å². The maximum Gasteiger partial charge on any atom is 0.223 e. The number of hydrogen-bond acceptors (Lipinski definition) is 4. The molecule has 0 fully saturated rings. The summed E-state index contributed by atoms with van der Waals surface area (Å²) in [7, 11) is 1.57. The summed E-state index contributed by atoms with van der Waals surface area (Å²) >= 11 is 13.6. The Morgan fingerprint density at radius 1 is 1.15 bits per heavy atom. The van der Waals surface area contributed by atoms with Gasteiger partial charge in [0.1, 0.15) is 16.9 Å². The zero-order valence-corrected chi connectivity index (χ0v) is 16.4. The molecule has 0 spiro atoms. The van der Waals surface area contributed by atoms with E-state index in [9.17, 15) is 0 Å². The Kier molecular flexibility index (Phi) is 5.66. The monoisotopic (exact) mass is 406 g/mol. The maximum atomic E-state index is 8.21. The minimum Gasteiger partial charge on any atom is -0.494 e. The predicted molar refractivity (Wildman–Crippen MR) is 108 cm³/mol. The molecule has 0 bridgehead atoms. The molecule has 0 aliphatic rings. The molecule has 134 valence electrons. The molecule has 3 aromatic rings. The molecule has 8 heteroatoms. The second kappa shape index (κ2) is 7.95. The van der Waals surface area contributed by atoms with E-state index < -0.39 is 0 Å². The summed E-state index contributed by atoms with van der Waals surface area (Å²) in [4.78, 5) is 5.66. The molecule has 0 saturated heterocycles. The second-order valence-electron chi connectivity index (χ2n) is 5.41. The number of rotatable bonds is 3. The lowest BCUT2D eigenvalue weighted by Crippen LogP contribution is -2.28. The Labute approximate surface area is 165 Å². The van der Waals surface area contributed by atoms with Crippen LogP contribution in [-0.2, 0) is 0 Å². The standard InChI is InChI=1S/C18H16Cl2N4OS/c1-11-8-17(21)24(26-11)18(22-14-5-3-4-12(19)9-14)23-15-10-13(20)6-7-16(15)25-2/h3-10,21H,1-2H3,(H,22,23). The van der Waals surface area contributed by atoms with Crippen molar-refractivity contribution in [3.8, 4) is 5.75 Å². The van der Waals surface area contributed by atoms with Gasteiger partial charge in [-0.3, -0.25) is 5.41 Å². The van der Waals surface area contributed by atoms with E-state index in [1.54, 1.807) is 47.5 Å². The van der Waals surface area contributed by atoms with E-state index in [1.165, 1.54) is 11.5 Å². The van der Waals surface area contributed by atoms with E-state index in [0.29, 0.717) is 32.9 Å². The average molecular weight is 407 g/mol. The van der Waals surface area contributed by atoms with E-state index in [2.05, 4.69) is 10.3 Å². The van der Waals surface area contributed by atoms with Gasteiger partial charge in [0, 0.05) is 20.6 Å². The Hall–Kier alpha value is -2.28. The molecule has 2 N–H and O–H groups in total. The third-order valence-electron chi connectivity index (χ3n) is 3.43. The number of halogens is 2. The summed E-state index contributed by atoms with van der Waals surface area (Å²) in [6.45, 7) is 1.94. The topological polar surface area (TPSA) is 62.4 Å². The fraction of sp³-hybridized carbons (Fsp3) is 0.111. The van der Waals surface area contributed by atoms with Gasteiger partial charge in [-0.05, 0) is 49.4 Å². The Bertz CT molecular complexity index is 1030. The van der Waals surface area contributed by atoms with E-state index in [0.717, 1.165) is 10.6 Å². The minimum atomic E-state index is 0.321. The highest BCUT2D eigenvalue weighted by Gasteiger charge is 2.11. The van der Waals surface area contributed by atoms with Crippen molar-refractivity contribution in [1.29, 1.82) is 5.41 Å². The van der Waals surface area contributed by atoms with Crippen molar-refractivity contribution >= 4 is 52.1 Å². The van der Waals surface area contributed by atoms with E-state index >= 15 is 0 Å². The summed E-state index contributed by atoms with van der Waals surface area (Å²) in [5.74, 6) is 1.04. The molecule has 0 unspecified atom stereocenters. The van der Waals surface area contributed by atoms with Gasteiger partial charge in [-0.25, -0.2) is 8.95 Å². The number of nitrogens with one attached hydrogen (secondary N) is 2. The van der Waals surface area contributed by atoms with Crippen molar-refractivity contribution in [3.63, 3.8) is 0 Å². The van der Waals surface area contributed by atoms with Crippen LogP contribution in [0.5, 0.6) is 5.75 Å². The summed E-state index contributed by atoms with van der Waals surface area (Å²) in [6, 6.07) is 14.3. The van der Waals surface area contributed by atoms with E-state index in [1.807, 2.05) is 19.1 Å². The first-order valence-corrected chi connectivity index (χ1v) is 9.19. The lowest BCUT2D eigenvalue weighted by atomic mass is 10.3. The van der Waals surface area contributed by atoms with Gasteiger partial charge in [0.25, 0.3) is 0 Å². The SMILES string of the molecule is COc1ccc(Cl)cc1N=C(Nc1cccc(Cl)c1)n1sc(C)cc1=N. The zero-order valence-electron chi connectivity index (χ0n) is 14.1. The molecule has 26 heavy (non-hydrogen) atoms. The number of nitrogens with zero attached hydrogens (tertiary/aromatic N) is 2. The number of hydrogen-bond donors (Lipinski definition) is 2. The summed E-state index contributed by atoms with van der Waals surface area (Å²) in [5.41, 5.74) is 1.64. The van der Waals surface area contributed by atoms with Crippen LogP contribution in [0.25, 0.3) is 0 Å². The Morgan fingerprint density at radius 3 is 2.58 bits per heavy atom. The maximum absolute atomic E-state index is 8.21. The lowest BCUT2D eigenvalue weighted by molar-refractivity contribution is 0.416. The van der Waals surface area contributed by atoms with Gasteiger partial charge in [-0.1, -0.05) is 40.8 Å². The lowest BCUT2D eigenvalue weighted by Gasteiger charge is -2.12. The van der Waals surface area contributed by atoms with Crippen LogP contribution in [0.3, 0.4) is 0 Å². The number of anilines is 1. The molecular formula is C18H16Cl2N4OS. The first kappa shape index (κ1) is 18.5. The number of benzene rings is 2. The first-order valence-electron chi connectivity index (χ1n) is 7.66. The number of aryl methyl sites for hydroxylation is 1. The van der Waals surface area contributed by atoms with Crippen molar-refractivity contribution in [1.82, 2.24) is 3.96 Å². The van der Waals surface area contributed by atoms with Gasteiger partial charge in [-0.2, -0.15) is 0 Å². The molecule has 0 aliphatic heterocycles. The van der Waals surface area contributed by atoms with Crippen molar-refractivity contribution in [2.75, 3.05) is 12.4 Å². The molecule has 0 amide bonds. The predicted octanol–water partition coefficient (Wildman–Crippen LogP) is 5.30. The molecule has 1 heterocycles. The zero-order chi connectivity index (χ0) is 18.7. The molecule has 2 aromatic carbocycles. The van der Waals surface area contributed by atoms with Crippen LogP contribution in [-0.4, -0.2) is 17.0 Å². The van der Waals surface area contributed by atoms with Crippen LogP contribution in [0.4, 0.5) is 11.4 Å². The van der Waals surface area contributed by atoms with Crippen molar-refractivity contribution in [3.05, 3.63) is 68.9 Å². The van der Waals surface area contributed by atoms with Crippen molar-refractivity contribution in [2.45, 2.75) is 6.92 Å². The number of ether oxygens (including phenoxy) is 1. The van der Waals surface area contributed by atoms with Crippen LogP contribution in [0, 0.1) is 12.3 Å². The van der Waals surface area contributed by atoms with Crippen molar-refractivity contribution < 1.29 is 4.74 Å². The summed E-state index contributed by atoms with van der Waals surface area (Å²) in [5, 5.41) is 12.6. The van der Waals surface area contributed by atoms with Crippen LogP contribution in [0.2, 0.25) is 10.0 Å². The highest BCUT2D eigenvalue weighted by Crippen LogP contribution is 2.31. The molecule has 1 aromatic heterocycles. The largest absolute Gasteiger partial charge is 0.494 e. The molecular weight excluding hydrogens is 391 g/mol. The third kappa shape index (κ3) is 4.27. The molecule has 0 aliphatic carbocycles. The molecule has 0 atom stereocenters. The van der Waals surface area contributed by atoms with Crippen LogP contribution < -0.4 is 15.5 Å². The third-order valence-corrected chi connectivity index (χ3v) is 4.86. The van der Waals surface area contributed by atoms with Gasteiger partial charge >= 0.3 is 0 Å². The van der Waals surface area contributed by atoms with Crippen LogP contribution in [0.1, 0.15) is 4.88 Å². The molecule has 0 radical (unpaired) electrons. The number of aromatic nitrogens is 1. The number of methoxy groups -OCH3 is 1. The Balaban J connectivity index is 2.13. The van der Waals surface area contributed by atoms with Gasteiger partial charge in [-0.15, -0.1) is 0 Å². The average Bonchev–Trinajstić information content (AvgIpc) is 2.93. The number of aliphatic imine (C=N–C) groups is 1. The Morgan fingerprint density at radius 2 is 1.92 bits per heavy atom. The fourth-order valence-electron chi connectivity index (χ4n) is 2.31. The van der Waals surface area contributed by atoms with E-state index in [-0.39, 0.29) is 0 Å². The minimum absolute atomic E-state index is 0.321. The second-order valence-corrected chi connectivity index (χ2v) is 7.48. The normalized spacial score (nSPS) is 11.5. The van der Waals surface area contributed by atoms with Gasteiger partial charge < -0.3 is 10.1 Å². The highest BCUT2D eigenvalue weighted by molar-refractivity contribution is 7.07. The van der Waals surface area contributed by atoms with Gasteiger partial charge in [0.15, 0.2) is 0 Å².